The lowest BCUT2D eigenvalue weighted by molar-refractivity contribution is 0.317. The van der Waals surface area contributed by atoms with E-state index in [9.17, 15) is 0 Å². The minimum atomic E-state index is 0.326. The zero-order valence-corrected chi connectivity index (χ0v) is 14.1. The van der Waals surface area contributed by atoms with Crippen molar-refractivity contribution in [3.63, 3.8) is 0 Å². The highest BCUT2D eigenvalue weighted by Crippen LogP contribution is 2.24. The standard InChI is InChI=1S/C17H24N2OS/c1-5-10-20-16-8-6-15(7-9-16)11-18-12(2)17-13(3)19-14(4)21-17/h6-9,12,18H,5,10-11H2,1-4H3. The van der Waals surface area contributed by atoms with E-state index in [1.807, 2.05) is 12.1 Å². The second-order valence-electron chi connectivity index (χ2n) is 5.28. The minimum Gasteiger partial charge on any atom is -0.494 e. The summed E-state index contributed by atoms with van der Waals surface area (Å²) in [5.74, 6) is 0.947. The van der Waals surface area contributed by atoms with Crippen molar-refractivity contribution in [1.82, 2.24) is 10.3 Å². The van der Waals surface area contributed by atoms with Gasteiger partial charge in [-0.2, -0.15) is 0 Å². The molecule has 0 fully saturated rings. The van der Waals surface area contributed by atoms with Gasteiger partial charge >= 0.3 is 0 Å². The Kier molecular flexibility index (Phi) is 5.76. The van der Waals surface area contributed by atoms with E-state index in [1.165, 1.54) is 10.4 Å². The summed E-state index contributed by atoms with van der Waals surface area (Å²) in [6.07, 6.45) is 1.04. The predicted molar refractivity (Wildman–Crippen MR) is 89.1 cm³/mol. The SMILES string of the molecule is CCCOc1ccc(CNC(C)c2sc(C)nc2C)cc1. The van der Waals surface area contributed by atoms with E-state index in [4.69, 9.17) is 4.74 Å². The number of benzene rings is 1. The summed E-state index contributed by atoms with van der Waals surface area (Å²) in [7, 11) is 0. The van der Waals surface area contributed by atoms with Gasteiger partial charge in [0.2, 0.25) is 0 Å². The first-order valence-electron chi connectivity index (χ1n) is 7.49. The quantitative estimate of drug-likeness (QED) is 0.823. The maximum atomic E-state index is 5.60. The van der Waals surface area contributed by atoms with Gasteiger partial charge in [-0.15, -0.1) is 11.3 Å². The molecule has 21 heavy (non-hydrogen) atoms. The number of rotatable bonds is 7. The van der Waals surface area contributed by atoms with Crippen LogP contribution in [0.4, 0.5) is 0 Å². The third-order valence-electron chi connectivity index (χ3n) is 3.34. The van der Waals surface area contributed by atoms with Crippen molar-refractivity contribution in [3.05, 3.63) is 45.4 Å². The van der Waals surface area contributed by atoms with Crippen LogP contribution in [0.15, 0.2) is 24.3 Å². The van der Waals surface area contributed by atoms with E-state index in [0.29, 0.717) is 6.04 Å². The normalized spacial score (nSPS) is 12.4. The van der Waals surface area contributed by atoms with Gasteiger partial charge in [-0.3, -0.25) is 0 Å². The van der Waals surface area contributed by atoms with Crippen molar-refractivity contribution >= 4 is 11.3 Å². The Morgan fingerprint density at radius 2 is 1.95 bits per heavy atom. The van der Waals surface area contributed by atoms with Crippen LogP contribution < -0.4 is 10.1 Å². The summed E-state index contributed by atoms with van der Waals surface area (Å²) >= 11 is 1.78. The van der Waals surface area contributed by atoms with E-state index >= 15 is 0 Å². The molecule has 3 nitrogen and oxygen atoms in total. The second kappa shape index (κ2) is 7.57. The monoisotopic (exact) mass is 304 g/mol. The number of aryl methyl sites for hydroxylation is 2. The molecule has 1 aromatic carbocycles. The molecule has 0 aliphatic carbocycles. The highest BCUT2D eigenvalue weighted by molar-refractivity contribution is 7.11. The van der Waals surface area contributed by atoms with Gasteiger partial charge in [0.25, 0.3) is 0 Å². The molecule has 0 aliphatic rings. The van der Waals surface area contributed by atoms with Crippen LogP contribution in [0.1, 0.15) is 47.5 Å². The van der Waals surface area contributed by atoms with Crippen LogP contribution in [-0.2, 0) is 6.54 Å². The molecule has 1 N–H and O–H groups in total. The second-order valence-corrected chi connectivity index (χ2v) is 6.51. The van der Waals surface area contributed by atoms with Gasteiger partial charge < -0.3 is 10.1 Å². The fourth-order valence-corrected chi connectivity index (χ4v) is 3.19. The lowest BCUT2D eigenvalue weighted by atomic mass is 10.2. The Hall–Kier alpha value is -1.39. The predicted octanol–water partition coefficient (Wildman–Crippen LogP) is 4.40. The molecule has 4 heteroatoms. The first-order chi connectivity index (χ1) is 10.1. The van der Waals surface area contributed by atoms with Crippen LogP contribution in [0, 0.1) is 13.8 Å². The van der Waals surface area contributed by atoms with E-state index in [1.54, 1.807) is 11.3 Å². The Labute approximate surface area is 131 Å². The van der Waals surface area contributed by atoms with Gasteiger partial charge in [0.05, 0.1) is 17.3 Å². The number of ether oxygens (including phenoxy) is 1. The Morgan fingerprint density at radius 1 is 1.24 bits per heavy atom. The summed E-state index contributed by atoms with van der Waals surface area (Å²) < 4.78 is 5.60. The van der Waals surface area contributed by atoms with Crippen molar-refractivity contribution in [1.29, 1.82) is 0 Å². The molecule has 0 saturated heterocycles. The zero-order chi connectivity index (χ0) is 15.2. The third kappa shape index (κ3) is 4.55. The van der Waals surface area contributed by atoms with Crippen LogP contribution in [-0.4, -0.2) is 11.6 Å². The maximum Gasteiger partial charge on any atom is 0.119 e. The van der Waals surface area contributed by atoms with E-state index in [2.05, 4.69) is 50.1 Å². The highest BCUT2D eigenvalue weighted by atomic mass is 32.1. The maximum absolute atomic E-state index is 5.60. The summed E-state index contributed by atoms with van der Waals surface area (Å²) in [6, 6.07) is 8.65. The average Bonchev–Trinajstić information content (AvgIpc) is 2.82. The summed E-state index contributed by atoms with van der Waals surface area (Å²) in [4.78, 5) is 5.82. The molecule has 1 aromatic heterocycles. The molecular formula is C17H24N2OS. The van der Waals surface area contributed by atoms with Gasteiger partial charge in [0, 0.05) is 17.5 Å². The number of nitrogens with zero attached hydrogens (tertiary/aromatic N) is 1. The summed E-state index contributed by atoms with van der Waals surface area (Å²) in [6.45, 7) is 10.1. The molecular weight excluding hydrogens is 280 g/mol. The fraction of sp³-hybridized carbons (Fsp3) is 0.471. The zero-order valence-electron chi connectivity index (χ0n) is 13.3. The third-order valence-corrected chi connectivity index (χ3v) is 4.60. The van der Waals surface area contributed by atoms with E-state index in [-0.39, 0.29) is 0 Å². The number of hydrogen-bond donors (Lipinski definition) is 1. The highest BCUT2D eigenvalue weighted by Gasteiger charge is 2.12. The van der Waals surface area contributed by atoms with Crippen LogP contribution in [0.3, 0.4) is 0 Å². The van der Waals surface area contributed by atoms with Crippen LogP contribution in [0.25, 0.3) is 0 Å². The Bertz CT molecular complexity index is 563. The smallest absolute Gasteiger partial charge is 0.119 e. The van der Waals surface area contributed by atoms with Crippen LogP contribution in [0.2, 0.25) is 0 Å². The number of nitrogens with one attached hydrogen (secondary N) is 1. The van der Waals surface area contributed by atoms with Crippen molar-refractivity contribution in [2.24, 2.45) is 0 Å². The first kappa shape index (κ1) is 16.0. The lowest BCUT2D eigenvalue weighted by Gasteiger charge is -2.13. The summed E-state index contributed by atoms with van der Waals surface area (Å²) in [5, 5.41) is 4.69. The number of aromatic nitrogens is 1. The van der Waals surface area contributed by atoms with Gasteiger partial charge in [0.1, 0.15) is 5.75 Å². The lowest BCUT2D eigenvalue weighted by Crippen LogP contribution is -2.17. The average molecular weight is 304 g/mol. The molecule has 1 atom stereocenters. The molecule has 1 unspecified atom stereocenters. The molecule has 0 aliphatic heterocycles. The van der Waals surface area contributed by atoms with Crippen LogP contribution >= 0.6 is 11.3 Å². The van der Waals surface area contributed by atoms with Crippen molar-refractivity contribution in [2.75, 3.05) is 6.61 Å². The van der Waals surface area contributed by atoms with Crippen molar-refractivity contribution in [3.8, 4) is 5.75 Å². The molecule has 0 radical (unpaired) electrons. The Morgan fingerprint density at radius 3 is 2.52 bits per heavy atom. The Balaban J connectivity index is 1.89. The number of hydrogen-bond acceptors (Lipinski definition) is 4. The molecule has 0 bridgehead atoms. The topological polar surface area (TPSA) is 34.1 Å². The minimum absolute atomic E-state index is 0.326. The van der Waals surface area contributed by atoms with Crippen molar-refractivity contribution < 1.29 is 4.74 Å². The van der Waals surface area contributed by atoms with Gasteiger partial charge in [-0.25, -0.2) is 4.98 Å². The molecule has 0 spiro atoms. The first-order valence-corrected chi connectivity index (χ1v) is 8.31. The van der Waals surface area contributed by atoms with E-state index in [0.717, 1.165) is 36.0 Å². The molecule has 0 saturated carbocycles. The molecule has 2 rings (SSSR count). The fourth-order valence-electron chi connectivity index (χ4n) is 2.24. The molecule has 0 amide bonds. The largest absolute Gasteiger partial charge is 0.494 e. The van der Waals surface area contributed by atoms with Gasteiger partial charge in [0.15, 0.2) is 0 Å². The van der Waals surface area contributed by atoms with Gasteiger partial charge in [-0.05, 0) is 44.9 Å². The molecule has 1 heterocycles. The molecule has 2 aromatic rings. The van der Waals surface area contributed by atoms with Crippen LogP contribution in [0.5, 0.6) is 5.75 Å². The van der Waals surface area contributed by atoms with Crippen molar-refractivity contribution in [2.45, 2.75) is 46.7 Å². The van der Waals surface area contributed by atoms with Gasteiger partial charge in [-0.1, -0.05) is 19.1 Å². The molecule has 114 valence electrons. The van der Waals surface area contributed by atoms with E-state index < -0.39 is 0 Å². The number of thiazole rings is 1. The summed E-state index contributed by atoms with van der Waals surface area (Å²) in [5.41, 5.74) is 2.41.